The number of nitrogens with two attached hydrogens (primary N) is 2. The highest BCUT2D eigenvalue weighted by Crippen LogP contribution is 2.08. The minimum atomic E-state index is -3.58. The summed E-state index contributed by atoms with van der Waals surface area (Å²) in [7, 11) is -3.58. The minimum absolute atomic E-state index is 0.0756. The number of nitrogen functional groups attached to an aromatic ring is 1. The van der Waals surface area contributed by atoms with E-state index in [4.69, 9.17) is 10.9 Å². The van der Waals surface area contributed by atoms with E-state index in [9.17, 15) is 8.42 Å². The van der Waals surface area contributed by atoms with Gasteiger partial charge in [0.2, 0.25) is 10.0 Å². The average molecular weight is 252 g/mol. The van der Waals surface area contributed by atoms with Crippen molar-refractivity contribution in [2.45, 2.75) is 4.90 Å². The maximum absolute atomic E-state index is 10.7. The third-order valence-electron chi connectivity index (χ3n) is 1.69. The topological polar surface area (TPSA) is 112 Å². The van der Waals surface area contributed by atoms with Crippen molar-refractivity contribution < 1.29 is 8.42 Å². The van der Waals surface area contributed by atoms with Crippen LogP contribution in [0.5, 0.6) is 0 Å². The summed E-state index contributed by atoms with van der Waals surface area (Å²) in [4.78, 5) is 7.42. The maximum atomic E-state index is 10.7. The summed E-state index contributed by atoms with van der Waals surface area (Å²) in [6, 6.07) is 7.48. The Morgan fingerprint density at radius 3 is 1.82 bits per heavy atom. The molecule has 0 radical (unpaired) electrons. The van der Waals surface area contributed by atoms with Crippen molar-refractivity contribution in [1.29, 1.82) is 0 Å². The van der Waals surface area contributed by atoms with Gasteiger partial charge in [0.15, 0.2) is 0 Å². The molecule has 0 atom stereocenters. The lowest BCUT2D eigenvalue weighted by Crippen LogP contribution is -2.11. The van der Waals surface area contributed by atoms with Gasteiger partial charge < -0.3 is 5.73 Å². The lowest BCUT2D eigenvalue weighted by molar-refractivity contribution is 0.598. The molecule has 0 bridgehead atoms. The van der Waals surface area contributed by atoms with Gasteiger partial charge in [-0.1, -0.05) is 0 Å². The van der Waals surface area contributed by atoms with Crippen LogP contribution in [0.1, 0.15) is 0 Å². The van der Waals surface area contributed by atoms with Crippen LogP contribution in [0.25, 0.3) is 0 Å². The molecule has 0 amide bonds. The molecule has 0 unspecified atom stereocenters. The molecule has 0 fully saturated rings. The first-order valence-electron chi connectivity index (χ1n) is 4.58. The van der Waals surface area contributed by atoms with Crippen LogP contribution in [-0.2, 0) is 10.0 Å². The molecular formula is C10H12N4O2S. The van der Waals surface area contributed by atoms with Gasteiger partial charge in [0.05, 0.1) is 4.90 Å². The largest absolute Gasteiger partial charge is 0.399 e. The number of anilines is 1. The van der Waals surface area contributed by atoms with Crippen LogP contribution in [0.2, 0.25) is 0 Å². The van der Waals surface area contributed by atoms with E-state index >= 15 is 0 Å². The molecule has 1 heterocycles. The van der Waals surface area contributed by atoms with Gasteiger partial charge in [-0.05, 0) is 30.3 Å². The van der Waals surface area contributed by atoms with Crippen molar-refractivity contribution in [1.82, 2.24) is 9.97 Å². The van der Waals surface area contributed by atoms with Gasteiger partial charge in [-0.25, -0.2) is 23.5 Å². The fourth-order valence-electron chi connectivity index (χ4n) is 0.911. The Hall–Kier alpha value is -1.99. The van der Waals surface area contributed by atoms with Crippen LogP contribution >= 0.6 is 0 Å². The van der Waals surface area contributed by atoms with Crippen molar-refractivity contribution in [2.75, 3.05) is 5.73 Å². The van der Waals surface area contributed by atoms with E-state index < -0.39 is 10.0 Å². The van der Waals surface area contributed by atoms with Gasteiger partial charge in [0.1, 0.15) is 6.33 Å². The zero-order valence-corrected chi connectivity index (χ0v) is 9.71. The van der Waals surface area contributed by atoms with Crippen LogP contribution in [0.3, 0.4) is 0 Å². The van der Waals surface area contributed by atoms with E-state index in [2.05, 4.69) is 9.97 Å². The lowest BCUT2D eigenvalue weighted by atomic mass is 10.3. The van der Waals surface area contributed by atoms with E-state index in [0.717, 1.165) is 0 Å². The van der Waals surface area contributed by atoms with Crippen molar-refractivity contribution >= 4 is 15.7 Å². The lowest BCUT2D eigenvalue weighted by Gasteiger charge is -1.96. The molecule has 0 spiro atoms. The van der Waals surface area contributed by atoms with E-state index in [0.29, 0.717) is 5.69 Å². The maximum Gasteiger partial charge on any atom is 0.238 e. The summed E-state index contributed by atoms with van der Waals surface area (Å²) in [6.07, 6.45) is 4.88. The van der Waals surface area contributed by atoms with Gasteiger partial charge in [-0.3, -0.25) is 0 Å². The molecular weight excluding hydrogens is 240 g/mol. The monoisotopic (exact) mass is 252 g/mol. The summed E-state index contributed by atoms with van der Waals surface area (Å²) >= 11 is 0. The van der Waals surface area contributed by atoms with Crippen molar-refractivity contribution in [2.24, 2.45) is 5.14 Å². The Morgan fingerprint density at radius 1 is 1.00 bits per heavy atom. The Balaban J connectivity index is 0.000000202. The van der Waals surface area contributed by atoms with E-state index in [1.807, 2.05) is 0 Å². The smallest absolute Gasteiger partial charge is 0.238 e. The van der Waals surface area contributed by atoms with E-state index in [1.54, 1.807) is 18.5 Å². The standard InChI is InChI=1S/C6H8N2O2S.C4H4N2/c7-5-1-3-6(4-2-5)11(8,9)10;1-2-5-4-6-3-1/h1-4H,7H2,(H2,8,9,10);1-4H. The molecule has 0 aliphatic carbocycles. The number of benzene rings is 1. The first-order chi connectivity index (χ1) is 8.00. The number of hydrogen-bond acceptors (Lipinski definition) is 5. The second-order valence-corrected chi connectivity index (χ2v) is 4.58. The van der Waals surface area contributed by atoms with Gasteiger partial charge in [0.25, 0.3) is 0 Å². The molecule has 0 aliphatic heterocycles. The van der Waals surface area contributed by atoms with Gasteiger partial charge in [0, 0.05) is 18.1 Å². The third kappa shape index (κ3) is 5.05. The fourth-order valence-corrected chi connectivity index (χ4v) is 1.43. The van der Waals surface area contributed by atoms with Crippen LogP contribution in [0.15, 0.2) is 53.9 Å². The molecule has 7 heteroatoms. The molecule has 0 saturated heterocycles. The van der Waals surface area contributed by atoms with E-state index in [-0.39, 0.29) is 4.90 Å². The Labute approximate surface area is 99.4 Å². The second-order valence-electron chi connectivity index (χ2n) is 3.02. The molecule has 1 aromatic carbocycles. The number of rotatable bonds is 1. The number of hydrogen-bond donors (Lipinski definition) is 2. The van der Waals surface area contributed by atoms with Crippen molar-refractivity contribution in [3.05, 3.63) is 49.1 Å². The summed E-state index contributed by atoms with van der Waals surface area (Å²) < 4.78 is 21.4. The Morgan fingerprint density at radius 2 is 1.53 bits per heavy atom. The van der Waals surface area contributed by atoms with Crippen LogP contribution < -0.4 is 10.9 Å². The molecule has 1 aromatic heterocycles. The molecule has 17 heavy (non-hydrogen) atoms. The molecule has 4 N–H and O–H groups in total. The fraction of sp³-hybridized carbons (Fsp3) is 0. The average Bonchev–Trinajstić information content (AvgIpc) is 2.31. The SMILES string of the molecule is Nc1ccc(S(N)(=O)=O)cc1.c1cncnc1. The van der Waals surface area contributed by atoms with Crippen LogP contribution in [0, 0.1) is 0 Å². The Bertz CT molecular complexity index is 514. The Kier molecular flexibility index (Phi) is 4.56. The highest BCUT2D eigenvalue weighted by Gasteiger charge is 2.04. The summed E-state index contributed by atoms with van der Waals surface area (Å²) in [5, 5.41) is 4.84. The quantitative estimate of drug-likeness (QED) is 0.713. The zero-order chi connectivity index (χ0) is 12.7. The van der Waals surface area contributed by atoms with Crippen LogP contribution in [0.4, 0.5) is 5.69 Å². The van der Waals surface area contributed by atoms with Gasteiger partial charge >= 0.3 is 0 Å². The number of primary sulfonamides is 1. The van der Waals surface area contributed by atoms with Crippen molar-refractivity contribution in [3.8, 4) is 0 Å². The van der Waals surface area contributed by atoms with Crippen molar-refractivity contribution in [3.63, 3.8) is 0 Å². The first kappa shape index (κ1) is 13.1. The second kappa shape index (κ2) is 5.92. The van der Waals surface area contributed by atoms with Gasteiger partial charge in [-0.2, -0.15) is 0 Å². The predicted octanol–water partition coefficient (Wildman–Crippen LogP) is 0.393. The number of nitrogens with zero attached hydrogens (tertiary/aromatic N) is 2. The molecule has 0 aliphatic rings. The third-order valence-corrected chi connectivity index (χ3v) is 2.62. The molecule has 0 saturated carbocycles. The van der Waals surface area contributed by atoms with E-state index in [1.165, 1.54) is 30.6 Å². The minimum Gasteiger partial charge on any atom is -0.399 e. The summed E-state index contributed by atoms with van der Waals surface area (Å²) in [5.74, 6) is 0. The summed E-state index contributed by atoms with van der Waals surface area (Å²) in [5.41, 5.74) is 5.85. The molecule has 6 nitrogen and oxygen atoms in total. The van der Waals surface area contributed by atoms with Crippen LogP contribution in [-0.4, -0.2) is 18.4 Å². The highest BCUT2D eigenvalue weighted by molar-refractivity contribution is 7.89. The summed E-state index contributed by atoms with van der Waals surface area (Å²) in [6.45, 7) is 0. The molecule has 90 valence electrons. The zero-order valence-electron chi connectivity index (χ0n) is 8.89. The highest BCUT2D eigenvalue weighted by atomic mass is 32.2. The predicted molar refractivity (Wildman–Crippen MR) is 64.3 cm³/mol. The number of aromatic nitrogens is 2. The first-order valence-corrected chi connectivity index (χ1v) is 6.13. The number of sulfonamides is 1. The molecule has 2 rings (SSSR count). The van der Waals surface area contributed by atoms with Gasteiger partial charge in [-0.15, -0.1) is 0 Å². The molecule has 2 aromatic rings. The normalized spacial score (nSPS) is 10.2.